The van der Waals surface area contributed by atoms with Gasteiger partial charge in [-0.3, -0.25) is 14.9 Å². The number of nitro benzene ring substituents is 1. The van der Waals surface area contributed by atoms with Gasteiger partial charge in [-0.05, 0) is 36.6 Å². The number of nitrogens with one attached hydrogen (secondary N) is 1. The van der Waals surface area contributed by atoms with Gasteiger partial charge in [-0.2, -0.15) is 4.31 Å². The maximum Gasteiger partial charge on any atom is 0.289 e. The highest BCUT2D eigenvalue weighted by atomic mass is 35.5. The number of benzene rings is 2. The Labute approximate surface area is 184 Å². The van der Waals surface area contributed by atoms with Gasteiger partial charge < -0.3 is 5.32 Å². The molecule has 2 aromatic carbocycles. The minimum atomic E-state index is -4.02. The molecule has 11 heteroatoms. The first kappa shape index (κ1) is 22.5. The number of carbonyl (C=O) groups excluding carboxylic acids is 1. The average Bonchev–Trinajstić information content (AvgIpc) is 2.73. The van der Waals surface area contributed by atoms with Crippen molar-refractivity contribution in [2.24, 2.45) is 5.92 Å². The molecule has 30 heavy (non-hydrogen) atoms. The van der Waals surface area contributed by atoms with E-state index in [1.54, 1.807) is 18.2 Å². The highest BCUT2D eigenvalue weighted by molar-refractivity contribution is 7.89. The predicted molar refractivity (Wildman–Crippen MR) is 113 cm³/mol. The van der Waals surface area contributed by atoms with Crippen LogP contribution in [0.5, 0.6) is 0 Å². The van der Waals surface area contributed by atoms with Gasteiger partial charge in [0.15, 0.2) is 4.90 Å². The summed E-state index contributed by atoms with van der Waals surface area (Å²) in [6, 6.07) is 10.3. The van der Waals surface area contributed by atoms with Crippen LogP contribution in [-0.4, -0.2) is 36.6 Å². The lowest BCUT2D eigenvalue weighted by molar-refractivity contribution is -0.387. The van der Waals surface area contributed by atoms with Gasteiger partial charge in [0, 0.05) is 41.7 Å². The predicted octanol–water partition coefficient (Wildman–Crippen LogP) is 3.62. The average molecular weight is 472 g/mol. The molecule has 1 fully saturated rings. The first-order valence-electron chi connectivity index (χ1n) is 9.15. The molecule has 8 nitrogen and oxygen atoms in total. The van der Waals surface area contributed by atoms with Gasteiger partial charge >= 0.3 is 0 Å². The summed E-state index contributed by atoms with van der Waals surface area (Å²) in [6.45, 7) is 0.450. The van der Waals surface area contributed by atoms with E-state index in [2.05, 4.69) is 5.32 Å². The third kappa shape index (κ3) is 4.92. The number of piperidine rings is 1. The van der Waals surface area contributed by atoms with Crippen molar-refractivity contribution in [2.75, 3.05) is 13.1 Å². The number of amides is 1. The summed E-state index contributed by atoms with van der Waals surface area (Å²) in [4.78, 5) is 22.6. The number of sulfonamides is 1. The van der Waals surface area contributed by atoms with E-state index in [1.165, 1.54) is 22.5 Å². The van der Waals surface area contributed by atoms with Crippen LogP contribution < -0.4 is 5.32 Å². The van der Waals surface area contributed by atoms with E-state index >= 15 is 0 Å². The topological polar surface area (TPSA) is 110 Å². The van der Waals surface area contributed by atoms with Crippen LogP contribution in [0.25, 0.3) is 0 Å². The van der Waals surface area contributed by atoms with E-state index < -0.39 is 20.6 Å². The molecule has 2 aromatic rings. The van der Waals surface area contributed by atoms with Crippen LogP contribution in [0.3, 0.4) is 0 Å². The molecule has 1 amide bonds. The zero-order valence-corrected chi connectivity index (χ0v) is 18.1. The molecular weight excluding hydrogens is 453 g/mol. The van der Waals surface area contributed by atoms with Gasteiger partial charge in [-0.25, -0.2) is 8.42 Å². The molecule has 0 spiro atoms. The lowest BCUT2D eigenvalue weighted by Gasteiger charge is -2.30. The molecule has 0 radical (unpaired) electrons. The highest BCUT2D eigenvalue weighted by Crippen LogP contribution is 2.29. The van der Waals surface area contributed by atoms with Gasteiger partial charge in [0.1, 0.15) is 0 Å². The lowest BCUT2D eigenvalue weighted by atomic mass is 9.97. The lowest BCUT2D eigenvalue weighted by Crippen LogP contribution is -2.43. The third-order valence-corrected chi connectivity index (χ3v) is 7.51. The van der Waals surface area contributed by atoms with Crippen LogP contribution >= 0.6 is 23.2 Å². The second-order valence-corrected chi connectivity index (χ2v) is 9.61. The standard InChI is InChI=1S/C19H19Cl2N3O5S/c20-15-6-5-14(16(21)11-15)12-22-19(25)13-7-9-23(10-8-13)30(28,29)18-4-2-1-3-17(18)24(26)27/h1-6,11,13H,7-10,12H2,(H,22,25). The summed E-state index contributed by atoms with van der Waals surface area (Å²) in [5, 5.41) is 14.9. The quantitative estimate of drug-likeness (QED) is 0.510. The zero-order chi connectivity index (χ0) is 21.9. The molecule has 3 rings (SSSR count). The summed E-state index contributed by atoms with van der Waals surface area (Å²) in [6.07, 6.45) is 0.639. The van der Waals surface area contributed by atoms with Gasteiger partial charge in [-0.15, -0.1) is 0 Å². The zero-order valence-electron chi connectivity index (χ0n) is 15.8. The Kier molecular flexibility index (Phi) is 6.97. The van der Waals surface area contributed by atoms with E-state index in [0.29, 0.717) is 22.9 Å². The summed E-state index contributed by atoms with van der Waals surface area (Å²) in [7, 11) is -4.02. The smallest absolute Gasteiger partial charge is 0.289 e. The first-order chi connectivity index (χ1) is 14.2. The number of hydrogen-bond acceptors (Lipinski definition) is 5. The van der Waals surface area contributed by atoms with E-state index in [9.17, 15) is 23.3 Å². The van der Waals surface area contributed by atoms with Crippen LogP contribution in [0.15, 0.2) is 47.4 Å². The summed E-state index contributed by atoms with van der Waals surface area (Å²) in [5.41, 5.74) is 0.267. The summed E-state index contributed by atoms with van der Waals surface area (Å²) in [5.74, 6) is -0.544. The Morgan fingerprint density at radius 1 is 1.17 bits per heavy atom. The number of halogens is 2. The number of carbonyl (C=O) groups is 1. The van der Waals surface area contributed by atoms with E-state index in [4.69, 9.17) is 23.2 Å². The molecule has 1 heterocycles. The van der Waals surface area contributed by atoms with Crippen molar-refractivity contribution in [1.82, 2.24) is 9.62 Å². The summed E-state index contributed by atoms with van der Waals surface area (Å²) >= 11 is 12.0. The fraction of sp³-hybridized carbons (Fsp3) is 0.316. The van der Waals surface area contributed by atoms with E-state index in [0.717, 1.165) is 11.6 Å². The molecule has 160 valence electrons. The van der Waals surface area contributed by atoms with Gasteiger partial charge in [-0.1, -0.05) is 41.4 Å². The number of nitro groups is 1. The molecule has 1 aliphatic rings. The van der Waals surface area contributed by atoms with Crippen LogP contribution in [-0.2, 0) is 21.4 Å². The maximum absolute atomic E-state index is 12.9. The molecule has 0 aliphatic carbocycles. The molecule has 0 atom stereocenters. The Morgan fingerprint density at radius 2 is 1.83 bits per heavy atom. The number of rotatable bonds is 6. The van der Waals surface area contributed by atoms with Crippen molar-refractivity contribution in [3.63, 3.8) is 0 Å². The second kappa shape index (κ2) is 9.30. The van der Waals surface area contributed by atoms with Crippen molar-refractivity contribution in [1.29, 1.82) is 0 Å². The molecular formula is C19H19Cl2N3O5S. The van der Waals surface area contributed by atoms with Crippen molar-refractivity contribution in [2.45, 2.75) is 24.3 Å². The molecule has 0 bridgehead atoms. The van der Waals surface area contributed by atoms with Gasteiger partial charge in [0.25, 0.3) is 5.69 Å². The SMILES string of the molecule is O=C(NCc1ccc(Cl)cc1Cl)C1CCN(S(=O)(=O)c2ccccc2[N+](=O)[O-])CC1. The monoisotopic (exact) mass is 471 g/mol. The van der Waals surface area contributed by atoms with Crippen LogP contribution in [0.2, 0.25) is 10.0 Å². The molecule has 0 aromatic heterocycles. The van der Waals surface area contributed by atoms with Crippen LogP contribution in [0, 0.1) is 16.0 Å². The van der Waals surface area contributed by atoms with Crippen LogP contribution in [0.4, 0.5) is 5.69 Å². The normalized spacial score (nSPS) is 15.7. The van der Waals surface area contributed by atoms with Crippen molar-refractivity contribution < 1.29 is 18.1 Å². The minimum absolute atomic E-state index is 0.105. The van der Waals surface area contributed by atoms with Gasteiger partial charge in [0.05, 0.1) is 4.92 Å². The second-order valence-electron chi connectivity index (χ2n) is 6.86. The Hall–Kier alpha value is -2.20. The van der Waals surface area contributed by atoms with Crippen LogP contribution in [0.1, 0.15) is 18.4 Å². The fourth-order valence-electron chi connectivity index (χ4n) is 3.32. The molecule has 1 N–H and O–H groups in total. The molecule has 0 unspecified atom stereocenters. The van der Waals surface area contributed by atoms with E-state index in [1.807, 2.05) is 0 Å². The Bertz CT molecular complexity index is 1070. The number of para-hydroxylation sites is 1. The number of hydrogen-bond donors (Lipinski definition) is 1. The molecule has 1 aliphatic heterocycles. The third-order valence-electron chi connectivity index (χ3n) is 4.97. The van der Waals surface area contributed by atoms with Crippen molar-refractivity contribution in [3.05, 3.63) is 68.2 Å². The molecule has 1 saturated heterocycles. The summed E-state index contributed by atoms with van der Waals surface area (Å²) < 4.78 is 26.9. The fourth-order valence-corrected chi connectivity index (χ4v) is 5.42. The number of nitrogens with zero attached hydrogens (tertiary/aromatic N) is 2. The first-order valence-corrected chi connectivity index (χ1v) is 11.3. The van der Waals surface area contributed by atoms with Crippen molar-refractivity contribution in [3.8, 4) is 0 Å². The molecule has 0 saturated carbocycles. The Morgan fingerprint density at radius 3 is 2.47 bits per heavy atom. The maximum atomic E-state index is 12.9. The largest absolute Gasteiger partial charge is 0.352 e. The highest BCUT2D eigenvalue weighted by Gasteiger charge is 2.35. The Balaban J connectivity index is 1.61. The minimum Gasteiger partial charge on any atom is -0.352 e. The van der Waals surface area contributed by atoms with E-state index in [-0.39, 0.29) is 36.4 Å². The van der Waals surface area contributed by atoms with Gasteiger partial charge in [0.2, 0.25) is 15.9 Å². The van der Waals surface area contributed by atoms with Crippen molar-refractivity contribution >= 4 is 44.8 Å².